The van der Waals surface area contributed by atoms with E-state index in [4.69, 9.17) is 9.40 Å². The molecule has 0 aliphatic heterocycles. The summed E-state index contributed by atoms with van der Waals surface area (Å²) in [7, 11) is 0. The molecule has 0 amide bonds. The lowest BCUT2D eigenvalue weighted by molar-refractivity contribution is 0.620. The maximum absolute atomic E-state index is 6.17. The largest absolute Gasteiger partial charge is 0.436 e. The summed E-state index contributed by atoms with van der Waals surface area (Å²) in [6.07, 6.45) is 0. The molecule has 3 heteroatoms. The zero-order valence-corrected chi connectivity index (χ0v) is 23.2. The molecule has 200 valence electrons. The van der Waals surface area contributed by atoms with Gasteiger partial charge in [0.1, 0.15) is 5.52 Å². The summed E-state index contributed by atoms with van der Waals surface area (Å²) in [5, 5.41) is 0. The summed E-state index contributed by atoms with van der Waals surface area (Å²) in [6.45, 7) is 2.31. The van der Waals surface area contributed by atoms with Gasteiger partial charge in [0.25, 0.3) is 0 Å². The molecule has 1 atom stereocenters. The molecule has 0 radical (unpaired) electrons. The smallest absolute Gasteiger partial charge is 0.227 e. The first kappa shape index (κ1) is 24.4. The molecule has 0 saturated heterocycles. The second-order valence-electron chi connectivity index (χ2n) is 10.8. The van der Waals surface area contributed by atoms with Crippen molar-refractivity contribution in [2.45, 2.75) is 12.8 Å². The Balaban J connectivity index is 1.32. The standard InChI is InChI=1S/C39H28N2O/c1-26-31-16-8-9-18-33(31)34-22-20-29(24-35(26)34)41(37-19-11-10-17-32(37)27-12-4-2-5-13-27)30-21-23-38-36(25-30)40-39(42-38)28-14-6-3-7-15-28/h2-26H,1H3. The normalized spacial score (nSPS) is 13.6. The lowest BCUT2D eigenvalue weighted by Crippen LogP contribution is -2.11. The van der Waals surface area contributed by atoms with Crippen molar-refractivity contribution in [3.8, 4) is 33.7 Å². The molecular formula is C39H28N2O. The lowest BCUT2D eigenvalue weighted by atomic mass is 9.98. The predicted molar refractivity (Wildman–Crippen MR) is 173 cm³/mol. The van der Waals surface area contributed by atoms with Gasteiger partial charge in [-0.2, -0.15) is 0 Å². The fourth-order valence-corrected chi connectivity index (χ4v) is 6.30. The van der Waals surface area contributed by atoms with Gasteiger partial charge in [0, 0.05) is 28.4 Å². The van der Waals surface area contributed by atoms with Gasteiger partial charge in [0.15, 0.2) is 5.58 Å². The Morgan fingerprint density at radius 2 is 1.17 bits per heavy atom. The highest BCUT2D eigenvalue weighted by Crippen LogP contribution is 2.48. The Labute approximate surface area is 245 Å². The van der Waals surface area contributed by atoms with Crippen LogP contribution in [0.15, 0.2) is 150 Å². The number of hydrogen-bond donors (Lipinski definition) is 0. The minimum absolute atomic E-state index is 0.328. The zero-order chi connectivity index (χ0) is 28.0. The monoisotopic (exact) mass is 540 g/mol. The Kier molecular flexibility index (Phi) is 5.75. The van der Waals surface area contributed by atoms with E-state index in [2.05, 4.69) is 121 Å². The molecule has 6 aromatic carbocycles. The fourth-order valence-electron chi connectivity index (χ4n) is 6.30. The first-order valence-corrected chi connectivity index (χ1v) is 14.4. The summed E-state index contributed by atoms with van der Waals surface area (Å²) in [6, 6.07) is 51.3. The van der Waals surface area contributed by atoms with Crippen LogP contribution in [0.4, 0.5) is 17.1 Å². The number of fused-ring (bicyclic) bond motifs is 4. The summed E-state index contributed by atoms with van der Waals surface area (Å²) in [5.74, 6) is 0.955. The van der Waals surface area contributed by atoms with Crippen molar-refractivity contribution in [3.05, 3.63) is 157 Å². The van der Waals surface area contributed by atoms with Crippen LogP contribution in [-0.2, 0) is 0 Å². The highest BCUT2D eigenvalue weighted by molar-refractivity contribution is 5.92. The van der Waals surface area contributed by atoms with E-state index in [9.17, 15) is 0 Å². The van der Waals surface area contributed by atoms with Gasteiger partial charge >= 0.3 is 0 Å². The Morgan fingerprint density at radius 3 is 1.98 bits per heavy atom. The average molecular weight is 541 g/mol. The second-order valence-corrected chi connectivity index (χ2v) is 10.8. The van der Waals surface area contributed by atoms with Crippen LogP contribution in [-0.4, -0.2) is 4.98 Å². The summed E-state index contributed by atoms with van der Waals surface area (Å²) in [5.41, 5.74) is 13.5. The molecule has 8 rings (SSSR count). The van der Waals surface area contributed by atoms with Crippen molar-refractivity contribution >= 4 is 28.2 Å². The molecule has 7 aromatic rings. The fraction of sp³-hybridized carbons (Fsp3) is 0.0513. The zero-order valence-electron chi connectivity index (χ0n) is 23.2. The molecule has 42 heavy (non-hydrogen) atoms. The van der Waals surface area contributed by atoms with Crippen LogP contribution in [0.5, 0.6) is 0 Å². The van der Waals surface area contributed by atoms with Crippen molar-refractivity contribution in [2.75, 3.05) is 4.90 Å². The minimum atomic E-state index is 0.328. The molecule has 1 aliphatic carbocycles. The number of nitrogens with zero attached hydrogens (tertiary/aromatic N) is 2. The van der Waals surface area contributed by atoms with E-state index < -0.39 is 0 Å². The number of rotatable bonds is 5. The van der Waals surface area contributed by atoms with Crippen molar-refractivity contribution < 1.29 is 4.42 Å². The Bertz CT molecular complexity index is 2060. The van der Waals surface area contributed by atoms with Gasteiger partial charge in [-0.05, 0) is 76.3 Å². The van der Waals surface area contributed by atoms with E-state index in [-0.39, 0.29) is 0 Å². The van der Waals surface area contributed by atoms with Crippen LogP contribution in [0.3, 0.4) is 0 Å². The number of para-hydroxylation sites is 1. The third-order valence-electron chi connectivity index (χ3n) is 8.36. The van der Waals surface area contributed by atoms with Crippen molar-refractivity contribution in [2.24, 2.45) is 0 Å². The van der Waals surface area contributed by atoms with Crippen molar-refractivity contribution in [1.82, 2.24) is 4.98 Å². The SMILES string of the molecule is CC1c2ccccc2-c2ccc(N(c3ccc4oc(-c5ccccc5)nc4c3)c3ccccc3-c3ccccc3)cc21. The predicted octanol–water partition coefficient (Wildman–Crippen LogP) is 10.8. The highest BCUT2D eigenvalue weighted by atomic mass is 16.3. The maximum atomic E-state index is 6.17. The third kappa shape index (κ3) is 4.02. The molecule has 0 N–H and O–H groups in total. The molecule has 0 fully saturated rings. The van der Waals surface area contributed by atoms with Gasteiger partial charge in [-0.25, -0.2) is 4.98 Å². The molecular weight excluding hydrogens is 512 g/mol. The number of anilines is 3. The Hall–Kier alpha value is -5.41. The lowest BCUT2D eigenvalue weighted by Gasteiger charge is -2.28. The summed E-state index contributed by atoms with van der Waals surface area (Å²) < 4.78 is 6.17. The van der Waals surface area contributed by atoms with Gasteiger partial charge in [0.05, 0.1) is 5.69 Å². The van der Waals surface area contributed by atoms with Gasteiger partial charge in [-0.3, -0.25) is 0 Å². The van der Waals surface area contributed by atoms with Crippen LogP contribution in [0.2, 0.25) is 0 Å². The van der Waals surface area contributed by atoms with Crippen LogP contribution < -0.4 is 4.90 Å². The molecule has 3 nitrogen and oxygen atoms in total. The van der Waals surface area contributed by atoms with Crippen molar-refractivity contribution in [3.63, 3.8) is 0 Å². The van der Waals surface area contributed by atoms with Crippen molar-refractivity contribution in [1.29, 1.82) is 0 Å². The van der Waals surface area contributed by atoms with E-state index in [0.717, 1.165) is 33.7 Å². The average Bonchev–Trinajstić information content (AvgIpc) is 3.61. The van der Waals surface area contributed by atoms with E-state index in [1.807, 2.05) is 36.4 Å². The van der Waals surface area contributed by atoms with E-state index in [1.54, 1.807) is 0 Å². The number of oxazole rings is 1. The van der Waals surface area contributed by atoms with Crippen LogP contribution in [0.1, 0.15) is 24.0 Å². The van der Waals surface area contributed by atoms with Gasteiger partial charge in [-0.1, -0.05) is 104 Å². The first-order valence-electron chi connectivity index (χ1n) is 14.4. The third-order valence-corrected chi connectivity index (χ3v) is 8.36. The van der Waals surface area contributed by atoms with Gasteiger partial charge in [0.2, 0.25) is 5.89 Å². The first-order chi connectivity index (χ1) is 20.7. The van der Waals surface area contributed by atoms with E-state index in [0.29, 0.717) is 11.8 Å². The minimum Gasteiger partial charge on any atom is -0.436 e. The van der Waals surface area contributed by atoms with Crippen LogP contribution >= 0.6 is 0 Å². The number of benzene rings is 6. The molecule has 0 saturated carbocycles. The topological polar surface area (TPSA) is 29.3 Å². The highest BCUT2D eigenvalue weighted by Gasteiger charge is 2.27. The van der Waals surface area contributed by atoms with E-state index >= 15 is 0 Å². The molecule has 0 bridgehead atoms. The quantitative estimate of drug-likeness (QED) is 0.217. The molecule has 1 unspecified atom stereocenters. The van der Waals surface area contributed by atoms with Crippen LogP contribution in [0, 0.1) is 0 Å². The number of hydrogen-bond acceptors (Lipinski definition) is 3. The molecule has 1 heterocycles. The maximum Gasteiger partial charge on any atom is 0.227 e. The summed E-state index contributed by atoms with van der Waals surface area (Å²) in [4.78, 5) is 7.25. The molecule has 1 aliphatic rings. The number of aromatic nitrogens is 1. The molecule has 0 spiro atoms. The van der Waals surface area contributed by atoms with Gasteiger partial charge in [-0.15, -0.1) is 0 Å². The molecule has 1 aromatic heterocycles. The summed E-state index contributed by atoms with van der Waals surface area (Å²) >= 11 is 0. The Morgan fingerprint density at radius 1 is 0.548 bits per heavy atom. The van der Waals surface area contributed by atoms with Gasteiger partial charge < -0.3 is 9.32 Å². The second kappa shape index (κ2) is 9.90. The van der Waals surface area contributed by atoms with E-state index in [1.165, 1.54) is 33.4 Å². The van der Waals surface area contributed by atoms with Crippen LogP contribution in [0.25, 0.3) is 44.8 Å².